The van der Waals surface area contributed by atoms with Gasteiger partial charge in [0.25, 0.3) is 0 Å². The van der Waals surface area contributed by atoms with E-state index in [0.29, 0.717) is 13.0 Å². The van der Waals surface area contributed by atoms with E-state index in [4.69, 9.17) is 9.47 Å². The Morgan fingerprint density at radius 1 is 1.21 bits per heavy atom. The molecule has 29 heavy (non-hydrogen) atoms. The summed E-state index contributed by atoms with van der Waals surface area (Å²) in [4.78, 5) is 1.38. The molecule has 1 saturated heterocycles. The molecular weight excluding hydrogens is 390 g/mol. The van der Waals surface area contributed by atoms with Crippen molar-refractivity contribution in [3.8, 4) is 11.5 Å². The van der Waals surface area contributed by atoms with Gasteiger partial charge in [-0.3, -0.25) is 4.68 Å². The average molecular weight is 423 g/mol. The number of benzene rings is 1. The Labute approximate surface area is 173 Å². The van der Waals surface area contributed by atoms with Crippen LogP contribution in [-0.4, -0.2) is 57.0 Å². The molecular formula is C21H32N3O4S+. The van der Waals surface area contributed by atoms with Crippen LogP contribution in [0.25, 0.3) is 0 Å². The fourth-order valence-corrected chi connectivity index (χ4v) is 5.59. The lowest BCUT2D eigenvalue weighted by atomic mass is 10.1. The van der Waals surface area contributed by atoms with Crippen LogP contribution < -0.4 is 14.4 Å². The van der Waals surface area contributed by atoms with Gasteiger partial charge >= 0.3 is 0 Å². The SMILES string of the molecule is COc1ccc(OCCC[NH+](C)Cc2c(C)nn([C@H]3CCS(=O)(=O)C3)c2C)cc1. The third kappa shape index (κ3) is 5.51. The van der Waals surface area contributed by atoms with Crippen LogP contribution >= 0.6 is 0 Å². The lowest BCUT2D eigenvalue weighted by molar-refractivity contribution is -0.894. The van der Waals surface area contributed by atoms with Gasteiger partial charge in [-0.2, -0.15) is 5.10 Å². The lowest BCUT2D eigenvalue weighted by Crippen LogP contribution is -3.07. The van der Waals surface area contributed by atoms with Crippen LogP contribution in [0.4, 0.5) is 0 Å². The molecule has 1 aromatic heterocycles. The highest BCUT2D eigenvalue weighted by Gasteiger charge is 2.31. The minimum absolute atomic E-state index is 0.0225. The zero-order valence-electron chi connectivity index (χ0n) is 17.8. The predicted molar refractivity (Wildman–Crippen MR) is 113 cm³/mol. The smallest absolute Gasteiger partial charge is 0.152 e. The summed E-state index contributed by atoms with van der Waals surface area (Å²) < 4.78 is 36.5. The molecule has 8 heteroatoms. The topological polar surface area (TPSA) is 74.9 Å². The Morgan fingerprint density at radius 2 is 1.90 bits per heavy atom. The van der Waals surface area contributed by atoms with Crippen LogP contribution in [-0.2, 0) is 16.4 Å². The summed E-state index contributed by atoms with van der Waals surface area (Å²) in [7, 11) is 0.905. The number of methoxy groups -OCH3 is 1. The number of quaternary nitrogens is 1. The molecule has 3 rings (SSSR count). The molecule has 7 nitrogen and oxygen atoms in total. The van der Waals surface area contributed by atoms with E-state index in [0.717, 1.165) is 42.4 Å². The highest BCUT2D eigenvalue weighted by molar-refractivity contribution is 7.91. The van der Waals surface area contributed by atoms with Crippen LogP contribution in [0.5, 0.6) is 11.5 Å². The first-order valence-corrected chi connectivity index (χ1v) is 11.9. The summed E-state index contributed by atoms with van der Waals surface area (Å²) in [5, 5.41) is 4.66. The monoisotopic (exact) mass is 422 g/mol. The van der Waals surface area contributed by atoms with Gasteiger partial charge in [0, 0.05) is 12.1 Å². The normalized spacial score (nSPS) is 19.2. The molecule has 2 aromatic rings. The summed E-state index contributed by atoms with van der Waals surface area (Å²) in [5.41, 5.74) is 3.32. The molecule has 2 atom stereocenters. The molecule has 2 heterocycles. The first kappa shape index (κ1) is 21.6. The quantitative estimate of drug-likeness (QED) is 0.618. The molecule has 160 valence electrons. The van der Waals surface area contributed by atoms with Crippen LogP contribution in [0.2, 0.25) is 0 Å². The maximum atomic E-state index is 11.8. The van der Waals surface area contributed by atoms with Crippen molar-refractivity contribution in [3.63, 3.8) is 0 Å². The van der Waals surface area contributed by atoms with Gasteiger partial charge in [0.2, 0.25) is 0 Å². The van der Waals surface area contributed by atoms with E-state index >= 15 is 0 Å². The molecule has 0 aliphatic carbocycles. The van der Waals surface area contributed by atoms with Gasteiger partial charge in [-0.05, 0) is 44.5 Å². The van der Waals surface area contributed by atoms with Crippen molar-refractivity contribution in [2.75, 3.05) is 38.8 Å². The summed E-state index contributed by atoms with van der Waals surface area (Å²) in [6.07, 6.45) is 1.61. The number of nitrogens with one attached hydrogen (secondary N) is 1. The second-order valence-electron chi connectivity index (χ2n) is 7.91. The van der Waals surface area contributed by atoms with Gasteiger partial charge in [-0.1, -0.05) is 0 Å². The second-order valence-corrected chi connectivity index (χ2v) is 10.1. The molecule has 1 unspecified atom stereocenters. The number of hydrogen-bond acceptors (Lipinski definition) is 5. The van der Waals surface area contributed by atoms with E-state index in [1.54, 1.807) is 7.11 Å². The largest absolute Gasteiger partial charge is 0.497 e. The summed E-state index contributed by atoms with van der Waals surface area (Å²) >= 11 is 0. The standard InChI is InChI=1S/C21H31N3O4S/c1-16-21(17(2)24(22-16)18-10-13-29(25,26)15-18)14-23(3)11-5-12-28-20-8-6-19(27-4)7-9-20/h6-9,18H,5,10-15H2,1-4H3/p+1/t18-/m0/s1. The van der Waals surface area contributed by atoms with Crippen LogP contribution in [0, 0.1) is 13.8 Å². The lowest BCUT2D eigenvalue weighted by Gasteiger charge is -2.15. The summed E-state index contributed by atoms with van der Waals surface area (Å²) in [6.45, 7) is 6.60. The molecule has 0 saturated carbocycles. The van der Waals surface area contributed by atoms with Crippen molar-refractivity contribution < 1.29 is 22.8 Å². The third-order valence-electron chi connectivity index (χ3n) is 5.58. The van der Waals surface area contributed by atoms with E-state index < -0.39 is 9.84 Å². The van der Waals surface area contributed by atoms with E-state index in [9.17, 15) is 8.42 Å². The number of sulfone groups is 1. The minimum atomic E-state index is -2.92. The first-order chi connectivity index (χ1) is 13.8. The Bertz CT molecular complexity index is 922. The fraction of sp³-hybridized carbons (Fsp3) is 0.571. The summed E-state index contributed by atoms with van der Waals surface area (Å²) in [6, 6.07) is 7.60. The van der Waals surface area contributed by atoms with Crippen molar-refractivity contribution in [1.29, 1.82) is 0 Å². The Hall–Kier alpha value is -2.06. The molecule has 1 fully saturated rings. The average Bonchev–Trinajstić information content (AvgIpc) is 3.19. The number of hydrogen-bond donors (Lipinski definition) is 1. The summed E-state index contributed by atoms with van der Waals surface area (Å²) in [5.74, 6) is 2.15. The zero-order chi connectivity index (χ0) is 21.0. The molecule has 0 amide bonds. The predicted octanol–water partition coefficient (Wildman–Crippen LogP) is 1.35. The van der Waals surface area contributed by atoms with E-state index in [-0.39, 0.29) is 17.5 Å². The highest BCUT2D eigenvalue weighted by atomic mass is 32.2. The van der Waals surface area contributed by atoms with Crippen molar-refractivity contribution in [2.45, 2.75) is 39.3 Å². The molecule has 1 aliphatic heterocycles. The molecule has 1 aliphatic rings. The van der Waals surface area contributed by atoms with Gasteiger partial charge in [-0.15, -0.1) is 0 Å². The van der Waals surface area contributed by atoms with Crippen molar-refractivity contribution >= 4 is 9.84 Å². The van der Waals surface area contributed by atoms with E-state index in [2.05, 4.69) is 19.1 Å². The highest BCUT2D eigenvalue weighted by Crippen LogP contribution is 2.26. The van der Waals surface area contributed by atoms with Gasteiger partial charge in [-0.25, -0.2) is 8.42 Å². The third-order valence-corrected chi connectivity index (χ3v) is 7.33. The first-order valence-electron chi connectivity index (χ1n) is 10.1. The Balaban J connectivity index is 1.49. The molecule has 0 radical (unpaired) electrons. The fourth-order valence-electron chi connectivity index (χ4n) is 3.90. The van der Waals surface area contributed by atoms with Gasteiger partial charge < -0.3 is 14.4 Å². The van der Waals surface area contributed by atoms with Crippen molar-refractivity contribution in [3.05, 3.63) is 41.2 Å². The maximum absolute atomic E-state index is 11.8. The molecule has 1 aromatic carbocycles. The zero-order valence-corrected chi connectivity index (χ0v) is 18.6. The van der Waals surface area contributed by atoms with Gasteiger partial charge in [0.1, 0.15) is 18.0 Å². The van der Waals surface area contributed by atoms with Gasteiger partial charge in [0.05, 0.1) is 56.1 Å². The minimum Gasteiger partial charge on any atom is -0.497 e. The number of nitrogens with zero attached hydrogens (tertiary/aromatic N) is 2. The van der Waals surface area contributed by atoms with Crippen LogP contribution in [0.1, 0.15) is 35.8 Å². The molecule has 0 spiro atoms. The number of aryl methyl sites for hydroxylation is 1. The van der Waals surface area contributed by atoms with Crippen molar-refractivity contribution in [1.82, 2.24) is 9.78 Å². The molecule has 0 bridgehead atoms. The van der Waals surface area contributed by atoms with Crippen LogP contribution in [0.3, 0.4) is 0 Å². The van der Waals surface area contributed by atoms with Gasteiger partial charge in [0.15, 0.2) is 9.84 Å². The van der Waals surface area contributed by atoms with E-state index in [1.807, 2.05) is 35.9 Å². The molecule has 1 N–H and O–H groups in total. The second kappa shape index (κ2) is 9.17. The number of rotatable bonds is 9. The maximum Gasteiger partial charge on any atom is 0.152 e. The Kier molecular flexibility index (Phi) is 6.85. The van der Waals surface area contributed by atoms with E-state index in [1.165, 1.54) is 10.5 Å². The number of ether oxygens (including phenoxy) is 2. The van der Waals surface area contributed by atoms with Crippen molar-refractivity contribution in [2.24, 2.45) is 0 Å². The Morgan fingerprint density at radius 3 is 2.52 bits per heavy atom. The van der Waals surface area contributed by atoms with Crippen LogP contribution in [0.15, 0.2) is 24.3 Å². The number of aromatic nitrogens is 2.